The van der Waals surface area contributed by atoms with Crippen LogP contribution in [0.2, 0.25) is 5.02 Å². The fourth-order valence-corrected chi connectivity index (χ4v) is 3.41. The summed E-state index contributed by atoms with van der Waals surface area (Å²) in [6.07, 6.45) is 0. The maximum atomic E-state index is 11.4. The lowest BCUT2D eigenvalue weighted by molar-refractivity contribution is -0.255. The molecule has 1 heterocycles. The van der Waals surface area contributed by atoms with Gasteiger partial charge in [-0.25, -0.2) is 13.6 Å². The minimum atomic E-state index is -3.82. The third kappa shape index (κ3) is 3.37. The second-order valence-corrected chi connectivity index (χ2v) is 7.70. The number of carboxylic acid groups (broad SMARTS) is 1. The summed E-state index contributed by atoms with van der Waals surface area (Å²) in [5.41, 5.74) is 2.46. The number of aromatic carboxylic acids is 1. The first-order valence-electron chi connectivity index (χ1n) is 7.51. The molecule has 0 bridgehead atoms. The summed E-state index contributed by atoms with van der Waals surface area (Å²) in [7, 11) is -3.82. The number of nitrogens with zero attached hydrogens (tertiary/aromatic N) is 1. The van der Waals surface area contributed by atoms with Gasteiger partial charge in [-0.05, 0) is 55.0 Å². The van der Waals surface area contributed by atoms with Gasteiger partial charge in [0.1, 0.15) is 0 Å². The molecule has 0 amide bonds. The molecule has 0 aliphatic rings. The lowest BCUT2D eigenvalue weighted by Crippen LogP contribution is -2.22. The summed E-state index contributed by atoms with van der Waals surface area (Å²) in [5.74, 6) is -1.29. The van der Waals surface area contributed by atoms with Crippen LogP contribution in [0.25, 0.3) is 16.9 Å². The minimum Gasteiger partial charge on any atom is -0.545 e. The molecule has 0 atom stereocenters. The smallest absolute Gasteiger partial charge is 0.238 e. The zero-order chi connectivity index (χ0) is 19.1. The first-order chi connectivity index (χ1) is 12.2. The number of hydrogen-bond donors (Lipinski definition) is 1. The maximum absolute atomic E-state index is 11.4. The minimum absolute atomic E-state index is 0.0285. The number of nitrogens with two attached hydrogens (primary N) is 1. The molecular weight excluding hydrogens is 376 g/mol. The molecular formula is C18H14ClN2O4S-. The second kappa shape index (κ2) is 6.60. The first-order valence-corrected chi connectivity index (χ1v) is 9.44. The number of primary sulfonamides is 1. The number of carbonyl (C=O) groups excluding carboxylic acids is 1. The van der Waals surface area contributed by atoms with Gasteiger partial charge in [0.25, 0.3) is 0 Å². The number of hydrogen-bond acceptors (Lipinski definition) is 4. The molecule has 134 valence electrons. The van der Waals surface area contributed by atoms with Gasteiger partial charge in [0, 0.05) is 22.0 Å². The number of halogens is 1. The SMILES string of the molecule is Cc1c(C(=O)[O-])cc(-c2ccc(Cl)cc2)n1-c1ccc(S(N)(=O)=O)cc1. The molecule has 0 unspecified atom stereocenters. The molecule has 0 radical (unpaired) electrons. The lowest BCUT2D eigenvalue weighted by Gasteiger charge is -2.13. The number of carboxylic acids is 1. The van der Waals surface area contributed by atoms with Crippen molar-refractivity contribution >= 4 is 27.6 Å². The highest BCUT2D eigenvalue weighted by Crippen LogP contribution is 2.30. The van der Waals surface area contributed by atoms with E-state index in [1.165, 1.54) is 18.2 Å². The Kier molecular flexibility index (Phi) is 4.62. The van der Waals surface area contributed by atoms with Crippen molar-refractivity contribution in [2.45, 2.75) is 11.8 Å². The average Bonchev–Trinajstić information content (AvgIpc) is 2.92. The summed E-state index contributed by atoms with van der Waals surface area (Å²) in [5, 5.41) is 17.1. The molecule has 6 nitrogen and oxygen atoms in total. The zero-order valence-corrected chi connectivity index (χ0v) is 15.2. The van der Waals surface area contributed by atoms with Gasteiger partial charge in [-0.15, -0.1) is 0 Å². The van der Waals surface area contributed by atoms with Gasteiger partial charge >= 0.3 is 0 Å². The Labute approximate surface area is 155 Å². The van der Waals surface area contributed by atoms with Crippen LogP contribution in [0, 0.1) is 6.92 Å². The highest BCUT2D eigenvalue weighted by Gasteiger charge is 2.16. The Morgan fingerprint density at radius 1 is 1.08 bits per heavy atom. The van der Waals surface area contributed by atoms with Gasteiger partial charge in [-0.3, -0.25) is 0 Å². The van der Waals surface area contributed by atoms with E-state index >= 15 is 0 Å². The van der Waals surface area contributed by atoms with Crippen LogP contribution in [0.4, 0.5) is 0 Å². The molecule has 2 N–H and O–H groups in total. The molecule has 0 fully saturated rings. The Morgan fingerprint density at radius 2 is 1.65 bits per heavy atom. The molecule has 0 saturated heterocycles. The highest BCUT2D eigenvalue weighted by molar-refractivity contribution is 7.89. The lowest BCUT2D eigenvalue weighted by atomic mass is 10.1. The van der Waals surface area contributed by atoms with E-state index in [0.717, 1.165) is 5.56 Å². The van der Waals surface area contributed by atoms with E-state index in [1.807, 2.05) is 0 Å². The number of rotatable bonds is 4. The van der Waals surface area contributed by atoms with Gasteiger partial charge < -0.3 is 14.5 Å². The molecule has 0 saturated carbocycles. The van der Waals surface area contributed by atoms with E-state index < -0.39 is 16.0 Å². The average molecular weight is 390 g/mol. The first kappa shape index (κ1) is 18.2. The molecule has 8 heteroatoms. The van der Waals surface area contributed by atoms with E-state index in [9.17, 15) is 18.3 Å². The van der Waals surface area contributed by atoms with Crippen LogP contribution in [0.3, 0.4) is 0 Å². The van der Waals surface area contributed by atoms with Crippen molar-refractivity contribution < 1.29 is 18.3 Å². The maximum Gasteiger partial charge on any atom is 0.238 e. The van der Waals surface area contributed by atoms with Crippen LogP contribution in [0.15, 0.2) is 59.5 Å². The fraction of sp³-hybridized carbons (Fsp3) is 0.0556. The summed E-state index contributed by atoms with van der Waals surface area (Å²) >= 11 is 5.92. The van der Waals surface area contributed by atoms with Crippen molar-refractivity contribution in [1.82, 2.24) is 4.57 Å². The van der Waals surface area contributed by atoms with E-state index in [-0.39, 0.29) is 10.5 Å². The summed E-state index contributed by atoms with van der Waals surface area (Å²) < 4.78 is 24.6. The predicted molar refractivity (Wildman–Crippen MR) is 96.7 cm³/mol. The highest BCUT2D eigenvalue weighted by atomic mass is 35.5. The van der Waals surface area contributed by atoms with Gasteiger partial charge in [0.05, 0.1) is 16.6 Å². The third-order valence-electron chi connectivity index (χ3n) is 4.03. The van der Waals surface area contributed by atoms with Crippen molar-refractivity contribution in [2.24, 2.45) is 5.14 Å². The van der Waals surface area contributed by atoms with Crippen LogP contribution in [0.1, 0.15) is 16.1 Å². The van der Waals surface area contributed by atoms with Crippen molar-refractivity contribution in [3.05, 3.63) is 70.9 Å². The zero-order valence-electron chi connectivity index (χ0n) is 13.6. The fourth-order valence-electron chi connectivity index (χ4n) is 2.76. The molecule has 0 aliphatic heterocycles. The van der Waals surface area contributed by atoms with Crippen molar-refractivity contribution in [3.8, 4) is 16.9 Å². The monoisotopic (exact) mass is 389 g/mol. The van der Waals surface area contributed by atoms with Crippen LogP contribution >= 0.6 is 11.6 Å². The quantitative estimate of drug-likeness (QED) is 0.737. The van der Waals surface area contributed by atoms with Crippen molar-refractivity contribution in [3.63, 3.8) is 0 Å². The van der Waals surface area contributed by atoms with E-state index in [4.69, 9.17) is 16.7 Å². The van der Waals surface area contributed by atoms with Crippen LogP contribution < -0.4 is 10.2 Å². The standard InChI is InChI=1S/C18H15ClN2O4S/c1-11-16(18(22)23)10-17(12-2-4-13(19)5-3-12)21(11)14-6-8-15(9-7-14)26(20,24)25/h2-10H,1H3,(H,22,23)(H2,20,24,25)/p-1. The van der Waals surface area contributed by atoms with E-state index in [2.05, 4.69) is 0 Å². The van der Waals surface area contributed by atoms with E-state index in [1.54, 1.807) is 47.9 Å². The number of aromatic nitrogens is 1. The molecule has 2 aromatic carbocycles. The van der Waals surface area contributed by atoms with Gasteiger partial charge in [-0.2, -0.15) is 0 Å². The van der Waals surface area contributed by atoms with Crippen LogP contribution in [-0.2, 0) is 10.0 Å². The number of carbonyl (C=O) groups is 1. The third-order valence-corrected chi connectivity index (χ3v) is 5.21. The predicted octanol–water partition coefficient (Wildman–Crippen LogP) is 2.12. The second-order valence-electron chi connectivity index (χ2n) is 5.70. The Balaban J connectivity index is 2.22. The molecule has 0 aliphatic carbocycles. The van der Waals surface area contributed by atoms with Crippen molar-refractivity contribution in [1.29, 1.82) is 0 Å². The Hall–Kier alpha value is -2.61. The van der Waals surface area contributed by atoms with Gasteiger partial charge in [0.2, 0.25) is 10.0 Å². The van der Waals surface area contributed by atoms with Crippen LogP contribution in [-0.4, -0.2) is 19.0 Å². The topological polar surface area (TPSA) is 105 Å². The molecule has 3 aromatic rings. The molecule has 0 spiro atoms. The molecule has 3 rings (SSSR count). The molecule has 26 heavy (non-hydrogen) atoms. The van der Waals surface area contributed by atoms with Crippen LogP contribution in [0.5, 0.6) is 0 Å². The summed E-state index contributed by atoms with van der Waals surface area (Å²) in [6.45, 7) is 1.65. The summed E-state index contributed by atoms with van der Waals surface area (Å²) in [6, 6.07) is 14.3. The summed E-state index contributed by atoms with van der Waals surface area (Å²) in [4.78, 5) is 11.4. The van der Waals surface area contributed by atoms with Gasteiger partial charge in [0.15, 0.2) is 0 Å². The van der Waals surface area contributed by atoms with Gasteiger partial charge in [-0.1, -0.05) is 23.7 Å². The van der Waals surface area contributed by atoms with Crippen molar-refractivity contribution in [2.75, 3.05) is 0 Å². The number of sulfonamides is 1. The number of benzene rings is 2. The molecule has 1 aromatic heterocycles. The largest absolute Gasteiger partial charge is 0.545 e. The Bertz CT molecular complexity index is 1090. The normalized spacial score (nSPS) is 11.5. The van der Waals surface area contributed by atoms with E-state index in [0.29, 0.717) is 22.1 Å². The Morgan fingerprint density at radius 3 is 2.15 bits per heavy atom.